The van der Waals surface area contributed by atoms with Crippen LogP contribution in [0.25, 0.3) is 82.8 Å². The van der Waals surface area contributed by atoms with Gasteiger partial charge in [-0.2, -0.15) is 0 Å². The van der Waals surface area contributed by atoms with Crippen LogP contribution in [-0.2, 0) is 0 Å². The van der Waals surface area contributed by atoms with Crippen molar-refractivity contribution in [3.63, 3.8) is 0 Å². The minimum Gasteiger partial charge on any atom is -0.453 e. The molecule has 72 heavy (non-hydrogen) atoms. The van der Waals surface area contributed by atoms with Crippen molar-refractivity contribution in [1.29, 1.82) is 0 Å². The maximum atomic E-state index is 7.08. The third-order valence-corrected chi connectivity index (χ3v) is 13.3. The Bertz CT molecular complexity index is 3900. The fourth-order valence-electron chi connectivity index (χ4n) is 9.76. The van der Waals surface area contributed by atoms with Crippen molar-refractivity contribution in [2.75, 3.05) is 4.90 Å². The average Bonchev–Trinajstić information content (AvgIpc) is 3.98. The zero-order valence-corrected chi connectivity index (χ0v) is 40.8. The summed E-state index contributed by atoms with van der Waals surface area (Å²) in [4.78, 5) is 2.32. The average molecular weight is 927 g/mol. The number of nitrogens with zero attached hydrogens (tertiary/aromatic N) is 2. The Kier molecular flexibility index (Phi) is 12.8. The lowest BCUT2D eigenvalue weighted by Gasteiger charge is -2.26. The van der Waals surface area contributed by atoms with Crippen molar-refractivity contribution in [3.8, 4) is 39.1 Å². The summed E-state index contributed by atoms with van der Waals surface area (Å²) in [5, 5.41) is 4.68. The summed E-state index contributed by atoms with van der Waals surface area (Å²) >= 11 is 0. The lowest BCUT2D eigenvalue weighted by Crippen LogP contribution is -2.10. The largest absolute Gasteiger partial charge is 0.453 e. The number of hydrogen-bond donors (Lipinski definition) is 0. The fraction of sp³-hybridized carbons (Fsp3) is 0.0435. The van der Waals surface area contributed by atoms with E-state index in [0.717, 1.165) is 55.8 Å². The summed E-state index contributed by atoms with van der Waals surface area (Å²) in [6, 6.07) is 96.3. The van der Waals surface area contributed by atoms with Crippen LogP contribution in [0, 0.1) is 20.8 Å². The molecule has 0 atom stereocenters. The van der Waals surface area contributed by atoms with Gasteiger partial charge < -0.3 is 13.9 Å². The number of benzene rings is 11. The molecule has 0 saturated heterocycles. The van der Waals surface area contributed by atoms with E-state index >= 15 is 0 Å². The molecule has 2 heterocycles. The number of rotatable bonds is 7. The highest BCUT2D eigenvalue weighted by Gasteiger charge is 2.22. The molecule has 0 aliphatic heterocycles. The van der Waals surface area contributed by atoms with E-state index in [-0.39, 0.29) is 0 Å². The number of aromatic nitrogens is 1. The molecule has 11 aromatic carbocycles. The van der Waals surface area contributed by atoms with Crippen LogP contribution in [0.4, 0.5) is 17.1 Å². The Balaban J connectivity index is 0.000000232. The molecule has 0 aliphatic rings. The molecule has 3 nitrogen and oxygen atoms in total. The summed E-state index contributed by atoms with van der Waals surface area (Å²) in [5.74, 6) is 0. The number of hydrogen-bond acceptors (Lipinski definition) is 2. The smallest absolute Gasteiger partial charge is 0.159 e. The maximum Gasteiger partial charge on any atom is 0.159 e. The molecule has 346 valence electrons. The van der Waals surface area contributed by atoms with E-state index in [1.807, 2.05) is 24.3 Å². The molecule has 0 aliphatic carbocycles. The van der Waals surface area contributed by atoms with Crippen LogP contribution in [0.5, 0.6) is 0 Å². The third kappa shape index (κ3) is 9.32. The van der Waals surface area contributed by atoms with Gasteiger partial charge in [-0.05, 0) is 115 Å². The Labute approximate surface area is 422 Å². The zero-order chi connectivity index (χ0) is 48.8. The van der Waals surface area contributed by atoms with Crippen molar-refractivity contribution in [1.82, 2.24) is 4.57 Å². The van der Waals surface area contributed by atoms with E-state index in [9.17, 15) is 0 Å². The summed E-state index contributed by atoms with van der Waals surface area (Å²) in [6.45, 7) is 6.36. The van der Waals surface area contributed by atoms with E-state index in [4.69, 9.17) is 4.42 Å². The molecular weight excluding hydrogens is 873 g/mol. The van der Waals surface area contributed by atoms with Crippen LogP contribution in [0.15, 0.2) is 277 Å². The first kappa shape index (κ1) is 45.3. The summed E-state index contributed by atoms with van der Waals surface area (Å²) in [5.41, 5.74) is 19.3. The van der Waals surface area contributed by atoms with Crippen molar-refractivity contribution in [3.05, 3.63) is 290 Å². The number of furan rings is 1. The lowest BCUT2D eigenvalue weighted by molar-refractivity contribution is 0.670. The highest BCUT2D eigenvalue weighted by atomic mass is 16.3. The van der Waals surface area contributed by atoms with Crippen molar-refractivity contribution in [2.45, 2.75) is 20.8 Å². The molecule has 0 amide bonds. The molecule has 13 rings (SSSR count). The Morgan fingerprint density at radius 2 is 0.792 bits per heavy atom. The van der Waals surface area contributed by atoms with Gasteiger partial charge in [-0.15, -0.1) is 0 Å². The number of fused-ring (bicyclic) bond motifs is 6. The molecule has 3 heteroatoms. The second kappa shape index (κ2) is 20.4. The minimum atomic E-state index is 0.864. The molecule has 0 fully saturated rings. The van der Waals surface area contributed by atoms with Crippen molar-refractivity contribution in [2.24, 2.45) is 0 Å². The lowest BCUT2D eigenvalue weighted by atomic mass is 10.00. The molecule has 0 saturated carbocycles. The number of aryl methyl sites for hydroxylation is 3. The van der Waals surface area contributed by atoms with E-state index in [0.29, 0.717) is 0 Å². The van der Waals surface area contributed by atoms with Crippen LogP contribution in [0.3, 0.4) is 0 Å². The van der Waals surface area contributed by atoms with Gasteiger partial charge in [0.1, 0.15) is 5.58 Å². The van der Waals surface area contributed by atoms with Crippen molar-refractivity contribution >= 4 is 60.8 Å². The molecule has 13 aromatic rings. The van der Waals surface area contributed by atoms with Crippen LogP contribution < -0.4 is 4.90 Å². The summed E-state index contributed by atoms with van der Waals surface area (Å²) in [6.07, 6.45) is 0. The van der Waals surface area contributed by atoms with E-state index in [1.54, 1.807) is 0 Å². The van der Waals surface area contributed by atoms with Gasteiger partial charge in [0.2, 0.25) is 0 Å². The van der Waals surface area contributed by atoms with Gasteiger partial charge in [0.15, 0.2) is 5.58 Å². The van der Waals surface area contributed by atoms with Crippen LogP contribution in [0.2, 0.25) is 0 Å². The first-order valence-corrected chi connectivity index (χ1v) is 24.7. The maximum absolute atomic E-state index is 7.08. The van der Waals surface area contributed by atoms with Crippen LogP contribution in [0.1, 0.15) is 16.7 Å². The molecule has 2 aromatic heterocycles. The fourth-order valence-corrected chi connectivity index (χ4v) is 9.76. The predicted molar refractivity (Wildman–Crippen MR) is 306 cm³/mol. The topological polar surface area (TPSA) is 21.3 Å². The SMILES string of the molecule is Cc1cc(N(c2ccccc2)c2ccc(-c3ccccc3)cc2)c2oc3c(-c4ccc5c6ccccc6n(-c6ccccc6)c5c4)cccc3c2c1.Cc1ccc(-c2ccccc2)cc1.Cc1ccccc1. The molecule has 0 unspecified atom stereocenters. The summed E-state index contributed by atoms with van der Waals surface area (Å²) in [7, 11) is 0. The van der Waals surface area contributed by atoms with Gasteiger partial charge in [-0.25, -0.2) is 0 Å². The Hall–Kier alpha value is -9.18. The quantitative estimate of drug-likeness (QED) is 0.159. The molecule has 0 radical (unpaired) electrons. The zero-order valence-electron chi connectivity index (χ0n) is 40.8. The number of anilines is 3. The molecule has 0 spiro atoms. The van der Waals surface area contributed by atoms with Gasteiger partial charge in [-0.1, -0.05) is 223 Å². The van der Waals surface area contributed by atoms with E-state index < -0.39 is 0 Å². The van der Waals surface area contributed by atoms with Gasteiger partial charge >= 0.3 is 0 Å². The minimum absolute atomic E-state index is 0.864. The summed E-state index contributed by atoms with van der Waals surface area (Å²) < 4.78 is 9.45. The highest BCUT2D eigenvalue weighted by Crippen LogP contribution is 2.45. The Morgan fingerprint density at radius 1 is 0.306 bits per heavy atom. The van der Waals surface area contributed by atoms with Crippen molar-refractivity contribution < 1.29 is 4.42 Å². The van der Waals surface area contributed by atoms with Crippen LogP contribution in [-0.4, -0.2) is 4.57 Å². The second-order valence-corrected chi connectivity index (χ2v) is 18.3. The monoisotopic (exact) mass is 926 g/mol. The van der Waals surface area contributed by atoms with Gasteiger partial charge in [0.25, 0.3) is 0 Å². The van der Waals surface area contributed by atoms with E-state index in [1.165, 1.54) is 60.8 Å². The van der Waals surface area contributed by atoms with Crippen LogP contribution >= 0.6 is 0 Å². The van der Waals surface area contributed by atoms with E-state index in [2.05, 4.69) is 279 Å². The highest BCUT2D eigenvalue weighted by molar-refractivity contribution is 6.15. The first-order valence-electron chi connectivity index (χ1n) is 24.7. The third-order valence-electron chi connectivity index (χ3n) is 13.3. The first-order chi connectivity index (χ1) is 35.5. The van der Waals surface area contributed by atoms with Gasteiger partial charge in [0.05, 0.1) is 16.7 Å². The normalized spacial score (nSPS) is 11.0. The van der Waals surface area contributed by atoms with Gasteiger partial charge in [-0.3, -0.25) is 0 Å². The molecular formula is C69H54N2O. The standard InChI is InChI=1S/C49H34N2O.C13H12.C7H8/c1-33-30-44-43-22-13-21-40(36-26-29-42-41-20-11-12-23-45(41)51(46(42)32-36)38-18-9-4-10-19-38)48(43)52-49(44)47(31-33)50(37-16-7-3-8-17-37)39-27-24-35(25-28-39)34-14-5-2-6-15-34;1-11-7-9-13(10-8-11)12-5-3-2-4-6-12;1-7-5-3-2-4-6-7/h2-32H,1H3;2-10H,1H3;2-6H,1H3. The molecule has 0 bridgehead atoms. The van der Waals surface area contributed by atoms with Gasteiger partial charge in [0, 0.05) is 44.2 Å². The number of para-hydroxylation sites is 4. The Morgan fingerprint density at radius 3 is 1.42 bits per heavy atom. The predicted octanol–water partition coefficient (Wildman–Crippen LogP) is 19.5. The second-order valence-electron chi connectivity index (χ2n) is 18.3. The molecule has 0 N–H and O–H groups in total.